The third kappa shape index (κ3) is 4.21. The molecule has 0 aliphatic carbocycles. The molecule has 2 aromatic carbocycles. The molecule has 4 rings (SSSR count). The summed E-state index contributed by atoms with van der Waals surface area (Å²) in [6.07, 6.45) is 0.531. The Labute approximate surface area is 185 Å². The van der Waals surface area contributed by atoms with Gasteiger partial charge in [-0.1, -0.05) is 35.0 Å². The van der Waals surface area contributed by atoms with Crippen molar-refractivity contribution < 1.29 is 9.59 Å². The van der Waals surface area contributed by atoms with Crippen molar-refractivity contribution in [1.29, 1.82) is 0 Å². The number of ketones is 1. The predicted molar refractivity (Wildman–Crippen MR) is 122 cm³/mol. The molecule has 0 bridgehead atoms. The molecule has 30 heavy (non-hydrogen) atoms. The van der Waals surface area contributed by atoms with Gasteiger partial charge in [-0.3, -0.25) is 9.69 Å². The molecule has 0 saturated carbocycles. The van der Waals surface area contributed by atoms with Crippen LogP contribution in [0.2, 0.25) is 0 Å². The Balaban J connectivity index is 1.47. The van der Waals surface area contributed by atoms with E-state index in [1.54, 1.807) is 17.0 Å². The SMILES string of the molecule is CCC(C(=O)c1ccc(Br)cc1)N1NCN(c2ccc(N3CCNCC3)cc2)C1=O. The number of urea groups is 1. The highest BCUT2D eigenvalue weighted by Crippen LogP contribution is 2.25. The highest BCUT2D eigenvalue weighted by atomic mass is 79.9. The molecule has 0 aromatic heterocycles. The lowest BCUT2D eigenvalue weighted by Gasteiger charge is -2.29. The van der Waals surface area contributed by atoms with E-state index in [1.165, 1.54) is 5.01 Å². The minimum atomic E-state index is -0.552. The number of halogens is 1. The lowest BCUT2D eigenvalue weighted by Crippen LogP contribution is -2.47. The van der Waals surface area contributed by atoms with Crippen LogP contribution in [0.4, 0.5) is 16.2 Å². The molecule has 2 fully saturated rings. The molecular formula is C22H26BrN5O2. The second kappa shape index (κ2) is 9.16. The van der Waals surface area contributed by atoms with Crippen LogP contribution < -0.4 is 20.5 Å². The van der Waals surface area contributed by atoms with Crippen LogP contribution in [0.1, 0.15) is 23.7 Å². The van der Waals surface area contributed by atoms with Crippen molar-refractivity contribution in [2.45, 2.75) is 19.4 Å². The Kier molecular flexibility index (Phi) is 6.36. The number of nitrogens with zero attached hydrogens (tertiary/aromatic N) is 3. The van der Waals surface area contributed by atoms with E-state index in [4.69, 9.17) is 0 Å². The van der Waals surface area contributed by atoms with E-state index in [2.05, 4.69) is 43.7 Å². The molecule has 2 amide bonds. The fourth-order valence-electron chi connectivity index (χ4n) is 3.92. The maximum absolute atomic E-state index is 13.1. The number of carbonyl (C=O) groups excluding carboxylic acids is 2. The molecule has 1 atom stereocenters. The van der Waals surface area contributed by atoms with Gasteiger partial charge in [-0.25, -0.2) is 15.2 Å². The molecule has 0 spiro atoms. The van der Waals surface area contributed by atoms with Crippen molar-refractivity contribution in [2.75, 3.05) is 42.6 Å². The summed E-state index contributed by atoms with van der Waals surface area (Å²) in [5, 5.41) is 4.82. The van der Waals surface area contributed by atoms with Gasteiger partial charge in [0.15, 0.2) is 5.78 Å². The van der Waals surface area contributed by atoms with Crippen LogP contribution in [0.15, 0.2) is 53.0 Å². The first-order valence-electron chi connectivity index (χ1n) is 10.3. The maximum atomic E-state index is 13.1. The first-order valence-corrected chi connectivity index (χ1v) is 11.1. The average Bonchev–Trinajstić information content (AvgIpc) is 3.16. The van der Waals surface area contributed by atoms with Gasteiger partial charge in [0.25, 0.3) is 0 Å². The lowest BCUT2D eigenvalue weighted by molar-refractivity contribution is 0.0822. The lowest BCUT2D eigenvalue weighted by atomic mass is 10.0. The molecule has 8 heteroatoms. The van der Waals surface area contributed by atoms with Crippen molar-refractivity contribution >= 4 is 39.1 Å². The Morgan fingerprint density at radius 3 is 2.30 bits per heavy atom. The van der Waals surface area contributed by atoms with E-state index in [0.29, 0.717) is 18.7 Å². The zero-order valence-electron chi connectivity index (χ0n) is 17.0. The summed E-state index contributed by atoms with van der Waals surface area (Å²) >= 11 is 3.39. The number of rotatable bonds is 6. The molecule has 2 aromatic rings. The average molecular weight is 472 g/mol. The van der Waals surface area contributed by atoms with Crippen molar-refractivity contribution in [2.24, 2.45) is 0 Å². The minimum absolute atomic E-state index is 0.0678. The zero-order chi connectivity index (χ0) is 21.1. The normalized spacial score (nSPS) is 18.1. The Morgan fingerprint density at radius 1 is 1.03 bits per heavy atom. The number of amides is 2. The van der Waals surface area contributed by atoms with E-state index in [9.17, 15) is 9.59 Å². The van der Waals surface area contributed by atoms with Crippen molar-refractivity contribution in [3.63, 3.8) is 0 Å². The van der Waals surface area contributed by atoms with Gasteiger partial charge >= 0.3 is 6.03 Å². The first-order chi connectivity index (χ1) is 14.6. The first kappa shape index (κ1) is 20.8. The molecular weight excluding hydrogens is 446 g/mol. The summed E-state index contributed by atoms with van der Waals surface area (Å²) in [5.74, 6) is -0.0678. The van der Waals surface area contributed by atoms with Crippen LogP contribution in [0.5, 0.6) is 0 Å². The summed E-state index contributed by atoms with van der Waals surface area (Å²) in [6.45, 7) is 6.19. The maximum Gasteiger partial charge on any atom is 0.340 e. The van der Waals surface area contributed by atoms with Crippen LogP contribution >= 0.6 is 15.9 Å². The molecule has 158 valence electrons. The van der Waals surface area contributed by atoms with Crippen LogP contribution in [0.25, 0.3) is 0 Å². The smallest absolute Gasteiger partial charge is 0.340 e. The second-order valence-electron chi connectivity index (χ2n) is 7.45. The van der Waals surface area contributed by atoms with Gasteiger partial charge < -0.3 is 10.2 Å². The number of anilines is 2. The number of hydrogen-bond donors (Lipinski definition) is 2. The summed E-state index contributed by atoms with van der Waals surface area (Å²) in [5.41, 5.74) is 5.68. The number of hydrogen-bond acceptors (Lipinski definition) is 5. The van der Waals surface area contributed by atoms with Gasteiger partial charge in [0.05, 0.1) is 6.67 Å². The number of nitrogens with one attached hydrogen (secondary N) is 2. The van der Waals surface area contributed by atoms with Crippen LogP contribution in [-0.4, -0.2) is 55.7 Å². The van der Waals surface area contributed by atoms with Gasteiger partial charge in [-0.15, -0.1) is 0 Å². The summed E-state index contributed by atoms with van der Waals surface area (Å²) in [6, 6.07) is 14.5. The number of carbonyl (C=O) groups is 2. The summed E-state index contributed by atoms with van der Waals surface area (Å²) in [7, 11) is 0. The van der Waals surface area contributed by atoms with Crippen molar-refractivity contribution in [3.05, 3.63) is 58.6 Å². The molecule has 2 aliphatic rings. The van der Waals surface area contributed by atoms with Gasteiger partial charge in [0.1, 0.15) is 6.04 Å². The third-order valence-electron chi connectivity index (χ3n) is 5.61. The van der Waals surface area contributed by atoms with Crippen LogP contribution in [-0.2, 0) is 0 Å². The third-order valence-corrected chi connectivity index (χ3v) is 6.14. The van der Waals surface area contributed by atoms with E-state index in [1.807, 2.05) is 31.2 Å². The van der Waals surface area contributed by atoms with Gasteiger partial charge in [-0.2, -0.15) is 0 Å². The zero-order valence-corrected chi connectivity index (χ0v) is 18.6. The van der Waals surface area contributed by atoms with E-state index in [0.717, 1.165) is 42.0 Å². The molecule has 2 heterocycles. The highest BCUT2D eigenvalue weighted by molar-refractivity contribution is 9.10. The fourth-order valence-corrected chi connectivity index (χ4v) is 4.18. The standard InChI is InChI=1S/C22H26BrN5O2/c1-2-20(21(29)16-3-5-17(23)6-4-16)28-22(30)27(15-25-28)19-9-7-18(8-10-19)26-13-11-24-12-14-26/h3-10,20,24-25H,2,11-15H2,1H3. The fraction of sp³-hybridized carbons (Fsp3) is 0.364. The van der Waals surface area contributed by atoms with Gasteiger partial charge in [-0.05, 0) is 42.8 Å². The van der Waals surface area contributed by atoms with Gasteiger partial charge in [0, 0.05) is 47.6 Å². The number of Topliss-reactive ketones (excluding diaryl/α,β-unsaturated/α-hetero) is 1. The Morgan fingerprint density at radius 2 is 1.67 bits per heavy atom. The second-order valence-corrected chi connectivity index (χ2v) is 8.36. The topological polar surface area (TPSA) is 67.9 Å². The highest BCUT2D eigenvalue weighted by Gasteiger charge is 2.37. The monoisotopic (exact) mass is 471 g/mol. The van der Waals surface area contributed by atoms with Crippen molar-refractivity contribution in [3.8, 4) is 0 Å². The Hall–Kier alpha value is -2.42. The van der Waals surface area contributed by atoms with E-state index >= 15 is 0 Å². The summed E-state index contributed by atoms with van der Waals surface area (Å²) in [4.78, 5) is 30.1. The quantitative estimate of drug-likeness (QED) is 0.633. The number of benzene rings is 2. The molecule has 2 aliphatic heterocycles. The molecule has 7 nitrogen and oxygen atoms in total. The molecule has 1 unspecified atom stereocenters. The molecule has 2 saturated heterocycles. The van der Waals surface area contributed by atoms with Crippen LogP contribution in [0, 0.1) is 0 Å². The van der Waals surface area contributed by atoms with Gasteiger partial charge in [0.2, 0.25) is 0 Å². The summed E-state index contributed by atoms with van der Waals surface area (Å²) < 4.78 is 0.915. The van der Waals surface area contributed by atoms with E-state index in [-0.39, 0.29) is 11.8 Å². The molecule has 0 radical (unpaired) electrons. The largest absolute Gasteiger partial charge is 0.369 e. The van der Waals surface area contributed by atoms with Crippen molar-refractivity contribution in [1.82, 2.24) is 15.8 Å². The number of hydrazine groups is 1. The Bertz CT molecular complexity index is 897. The molecule has 2 N–H and O–H groups in total. The predicted octanol–water partition coefficient (Wildman–Crippen LogP) is 3.22. The van der Waals surface area contributed by atoms with E-state index < -0.39 is 6.04 Å². The minimum Gasteiger partial charge on any atom is -0.369 e. The van der Waals surface area contributed by atoms with Crippen LogP contribution in [0.3, 0.4) is 0 Å². The number of piperazine rings is 1.